The summed E-state index contributed by atoms with van der Waals surface area (Å²) in [6.07, 6.45) is -0.0787. The number of esters is 1. The Hall–Kier alpha value is -3.46. The number of nitrogens with zero attached hydrogens (tertiary/aromatic N) is 1. The number of fused-ring (bicyclic) bond motifs is 1. The van der Waals surface area contributed by atoms with E-state index in [4.69, 9.17) is 14.2 Å². The van der Waals surface area contributed by atoms with Gasteiger partial charge in [-0.1, -0.05) is 30.3 Å². The number of nitrogens with one attached hydrogen (secondary N) is 1. The van der Waals surface area contributed by atoms with E-state index in [1.165, 1.54) is 19.1 Å². The molecule has 2 aromatic rings. The zero-order valence-electron chi connectivity index (χ0n) is 15.8. The fraction of sp³-hybridized carbons (Fsp3) is 0.300. The Kier molecular flexibility index (Phi) is 6.40. The van der Waals surface area contributed by atoms with Crippen molar-refractivity contribution in [1.29, 1.82) is 0 Å². The lowest BCUT2D eigenvalue weighted by molar-refractivity contribution is -0.385. The highest BCUT2D eigenvalue weighted by Gasteiger charge is 2.23. The summed E-state index contributed by atoms with van der Waals surface area (Å²) in [6, 6.07) is 11.2. The molecule has 1 heterocycles. The van der Waals surface area contributed by atoms with Crippen LogP contribution in [0.2, 0.25) is 0 Å². The zero-order valence-corrected chi connectivity index (χ0v) is 15.8. The van der Waals surface area contributed by atoms with E-state index >= 15 is 0 Å². The standard InChI is InChI=1S/C20H20N2O7/c1-13(23)21-18(14-5-3-2-4-6-14)9-19(24)28-11-16-8-17(22(25)26)7-15-10-27-12-29-20(15)16/h2-8,18H,9-12H2,1H3,(H,21,23). The Morgan fingerprint density at radius 3 is 2.72 bits per heavy atom. The first kappa shape index (κ1) is 20.3. The molecule has 2 aromatic carbocycles. The van der Waals surface area contributed by atoms with Crippen molar-refractivity contribution in [1.82, 2.24) is 5.32 Å². The molecule has 9 nitrogen and oxygen atoms in total. The van der Waals surface area contributed by atoms with E-state index in [2.05, 4.69) is 5.32 Å². The summed E-state index contributed by atoms with van der Waals surface area (Å²) in [7, 11) is 0. The third-order valence-electron chi connectivity index (χ3n) is 4.32. The Bertz CT molecular complexity index is 915. The number of hydrogen-bond acceptors (Lipinski definition) is 7. The van der Waals surface area contributed by atoms with E-state index in [1.54, 1.807) is 12.1 Å². The average Bonchev–Trinajstić information content (AvgIpc) is 2.71. The molecular formula is C20H20N2O7. The normalized spacial score (nSPS) is 13.6. The number of carbonyl (C=O) groups is 2. The predicted molar refractivity (Wildman–Crippen MR) is 101 cm³/mol. The van der Waals surface area contributed by atoms with Crippen molar-refractivity contribution in [2.45, 2.75) is 32.6 Å². The number of amides is 1. The Morgan fingerprint density at radius 2 is 2.03 bits per heavy atom. The summed E-state index contributed by atoms with van der Waals surface area (Å²) in [5.74, 6) is -0.399. The summed E-state index contributed by atoms with van der Waals surface area (Å²) in [6.45, 7) is 1.38. The lowest BCUT2D eigenvalue weighted by Gasteiger charge is -2.21. The Labute approximate surface area is 166 Å². The first-order valence-corrected chi connectivity index (χ1v) is 8.92. The number of benzene rings is 2. The Balaban J connectivity index is 1.72. The lowest BCUT2D eigenvalue weighted by atomic mass is 10.0. The minimum Gasteiger partial charge on any atom is -0.467 e. The number of carbonyl (C=O) groups excluding carboxylic acids is 2. The highest BCUT2D eigenvalue weighted by molar-refractivity contribution is 5.76. The van der Waals surface area contributed by atoms with Gasteiger partial charge in [-0.05, 0) is 5.56 Å². The third kappa shape index (κ3) is 5.29. The van der Waals surface area contributed by atoms with E-state index < -0.39 is 16.9 Å². The third-order valence-corrected chi connectivity index (χ3v) is 4.32. The van der Waals surface area contributed by atoms with Crippen molar-refractivity contribution in [3.8, 4) is 5.75 Å². The molecular weight excluding hydrogens is 380 g/mol. The summed E-state index contributed by atoms with van der Waals surface area (Å²) >= 11 is 0. The molecule has 1 aliphatic heterocycles. The molecule has 0 spiro atoms. The smallest absolute Gasteiger partial charge is 0.308 e. The van der Waals surface area contributed by atoms with Crippen molar-refractivity contribution < 1.29 is 28.7 Å². The van der Waals surface area contributed by atoms with Gasteiger partial charge in [-0.3, -0.25) is 19.7 Å². The summed E-state index contributed by atoms with van der Waals surface area (Å²) in [5.41, 5.74) is 1.55. The van der Waals surface area contributed by atoms with Crippen LogP contribution < -0.4 is 10.1 Å². The maximum atomic E-state index is 12.4. The second-order valence-electron chi connectivity index (χ2n) is 6.49. The quantitative estimate of drug-likeness (QED) is 0.431. The molecule has 0 saturated heterocycles. The molecule has 0 aromatic heterocycles. The largest absolute Gasteiger partial charge is 0.467 e. The van der Waals surface area contributed by atoms with Gasteiger partial charge in [0.15, 0.2) is 6.79 Å². The molecule has 0 saturated carbocycles. The highest BCUT2D eigenvalue weighted by atomic mass is 16.7. The van der Waals surface area contributed by atoms with Crippen molar-refractivity contribution >= 4 is 17.6 Å². The van der Waals surface area contributed by atoms with Crippen LogP contribution in [-0.4, -0.2) is 23.6 Å². The molecule has 1 unspecified atom stereocenters. The molecule has 0 radical (unpaired) electrons. The van der Waals surface area contributed by atoms with Gasteiger partial charge in [-0.15, -0.1) is 0 Å². The summed E-state index contributed by atoms with van der Waals surface area (Å²) in [4.78, 5) is 34.5. The minimum absolute atomic E-state index is 0.0182. The van der Waals surface area contributed by atoms with E-state index in [0.717, 1.165) is 5.56 Å². The zero-order chi connectivity index (χ0) is 20.8. The number of ether oxygens (including phenoxy) is 3. The number of rotatable bonds is 7. The summed E-state index contributed by atoms with van der Waals surface area (Å²) in [5, 5.41) is 13.9. The number of non-ortho nitro benzene ring substituents is 1. The van der Waals surface area contributed by atoms with Crippen LogP contribution in [-0.2, 0) is 32.3 Å². The van der Waals surface area contributed by atoms with Crippen LogP contribution in [0.4, 0.5) is 5.69 Å². The fourth-order valence-electron chi connectivity index (χ4n) is 3.06. The van der Waals surface area contributed by atoms with Gasteiger partial charge in [-0.2, -0.15) is 0 Å². The van der Waals surface area contributed by atoms with Gasteiger partial charge in [0.25, 0.3) is 5.69 Å². The maximum absolute atomic E-state index is 12.4. The van der Waals surface area contributed by atoms with Crippen molar-refractivity contribution in [2.75, 3.05) is 6.79 Å². The van der Waals surface area contributed by atoms with Gasteiger partial charge in [-0.25, -0.2) is 0 Å². The topological polar surface area (TPSA) is 117 Å². The molecule has 0 aliphatic carbocycles. The highest BCUT2D eigenvalue weighted by Crippen LogP contribution is 2.33. The molecule has 0 bridgehead atoms. The van der Waals surface area contributed by atoms with Crippen molar-refractivity contribution in [3.63, 3.8) is 0 Å². The molecule has 1 atom stereocenters. The van der Waals surface area contributed by atoms with Gasteiger partial charge in [0.1, 0.15) is 12.4 Å². The molecule has 152 valence electrons. The number of nitro benzene ring substituents is 1. The molecule has 1 aliphatic rings. The SMILES string of the molecule is CC(=O)NC(CC(=O)OCc1cc([N+](=O)[O-])cc2c1OCOC2)c1ccccc1. The van der Waals surface area contributed by atoms with Crippen molar-refractivity contribution in [2.24, 2.45) is 0 Å². The van der Waals surface area contributed by atoms with Crippen LogP contribution >= 0.6 is 0 Å². The van der Waals surface area contributed by atoms with E-state index in [1.807, 2.05) is 18.2 Å². The molecule has 29 heavy (non-hydrogen) atoms. The van der Waals surface area contributed by atoms with Gasteiger partial charge in [0.2, 0.25) is 5.91 Å². The number of hydrogen-bond donors (Lipinski definition) is 1. The van der Waals surface area contributed by atoms with Crippen LogP contribution in [0, 0.1) is 10.1 Å². The number of nitro groups is 1. The van der Waals surface area contributed by atoms with Crippen LogP contribution in [0.25, 0.3) is 0 Å². The monoisotopic (exact) mass is 400 g/mol. The van der Waals surface area contributed by atoms with Gasteiger partial charge >= 0.3 is 5.97 Å². The molecule has 0 fully saturated rings. The second kappa shape index (κ2) is 9.16. The second-order valence-corrected chi connectivity index (χ2v) is 6.49. The van der Waals surface area contributed by atoms with Gasteiger partial charge in [0.05, 0.1) is 24.0 Å². The minimum atomic E-state index is -0.556. The average molecular weight is 400 g/mol. The Morgan fingerprint density at radius 1 is 1.28 bits per heavy atom. The van der Waals surface area contributed by atoms with Crippen LogP contribution in [0.3, 0.4) is 0 Å². The molecule has 1 N–H and O–H groups in total. The molecule has 9 heteroatoms. The van der Waals surface area contributed by atoms with E-state index in [9.17, 15) is 19.7 Å². The van der Waals surface area contributed by atoms with Gasteiger partial charge in [0, 0.05) is 30.2 Å². The lowest BCUT2D eigenvalue weighted by Crippen LogP contribution is -2.28. The fourth-order valence-corrected chi connectivity index (χ4v) is 3.06. The van der Waals surface area contributed by atoms with Crippen LogP contribution in [0.1, 0.15) is 36.1 Å². The molecule has 3 rings (SSSR count). The van der Waals surface area contributed by atoms with Crippen molar-refractivity contribution in [3.05, 3.63) is 69.3 Å². The predicted octanol–water partition coefficient (Wildman–Crippen LogP) is 2.77. The maximum Gasteiger partial charge on any atom is 0.308 e. The van der Waals surface area contributed by atoms with Crippen LogP contribution in [0.5, 0.6) is 5.75 Å². The van der Waals surface area contributed by atoms with Gasteiger partial charge < -0.3 is 19.5 Å². The van der Waals surface area contributed by atoms with Crippen LogP contribution in [0.15, 0.2) is 42.5 Å². The van der Waals surface area contributed by atoms with E-state index in [0.29, 0.717) is 16.9 Å². The van der Waals surface area contributed by atoms with E-state index in [-0.39, 0.29) is 38.0 Å². The first-order chi connectivity index (χ1) is 13.9. The molecule has 1 amide bonds. The summed E-state index contributed by atoms with van der Waals surface area (Å²) < 4.78 is 15.9. The first-order valence-electron chi connectivity index (χ1n) is 8.92.